The maximum absolute atomic E-state index is 13.0. The van der Waals surface area contributed by atoms with E-state index in [1.165, 1.54) is 38.8 Å². The average molecular weight is 395 g/mol. The summed E-state index contributed by atoms with van der Waals surface area (Å²) in [6.07, 6.45) is 7.16. The summed E-state index contributed by atoms with van der Waals surface area (Å²) in [6.45, 7) is 8.67. The van der Waals surface area contributed by atoms with Crippen LogP contribution in [0.15, 0.2) is 30.3 Å². The van der Waals surface area contributed by atoms with E-state index in [9.17, 15) is 4.79 Å². The Morgan fingerprint density at radius 3 is 2.66 bits per heavy atom. The number of pyridine rings is 1. The summed E-state index contributed by atoms with van der Waals surface area (Å²) in [6, 6.07) is 10.1. The third-order valence-corrected chi connectivity index (χ3v) is 6.42. The van der Waals surface area contributed by atoms with Gasteiger partial charge >= 0.3 is 0 Å². The summed E-state index contributed by atoms with van der Waals surface area (Å²) < 4.78 is 0. The molecule has 0 radical (unpaired) electrons. The molecular formula is C24H34N4O. The van der Waals surface area contributed by atoms with Gasteiger partial charge in [-0.15, -0.1) is 0 Å². The Hall–Kier alpha value is -2.14. The first-order chi connectivity index (χ1) is 14.2. The number of carbonyl (C=O) groups excluding carboxylic acids is 1. The van der Waals surface area contributed by atoms with Crippen molar-refractivity contribution in [3.8, 4) is 0 Å². The number of hydrogen-bond donors (Lipinski definition) is 1. The Morgan fingerprint density at radius 2 is 1.86 bits per heavy atom. The van der Waals surface area contributed by atoms with E-state index in [0.29, 0.717) is 0 Å². The first-order valence-electron chi connectivity index (χ1n) is 11.4. The van der Waals surface area contributed by atoms with E-state index in [2.05, 4.69) is 22.0 Å². The topological polar surface area (TPSA) is 48.5 Å². The van der Waals surface area contributed by atoms with Crippen molar-refractivity contribution in [2.24, 2.45) is 5.92 Å². The van der Waals surface area contributed by atoms with Crippen LogP contribution < -0.4 is 10.2 Å². The Labute approximate surface area is 174 Å². The number of carbonyl (C=O) groups is 1. The third-order valence-electron chi connectivity index (χ3n) is 6.42. The molecule has 0 aliphatic carbocycles. The van der Waals surface area contributed by atoms with Crippen molar-refractivity contribution < 1.29 is 4.79 Å². The molecule has 1 amide bonds. The minimum absolute atomic E-state index is 0.0111. The molecule has 2 aliphatic heterocycles. The standard InChI is InChI=1S/C24H34N4O/c1-19-10-16-27(17-11-19)13-5-4-12-25-24(29)21-18-20-8-2-3-9-22(20)26-23(21)28-14-6-7-15-28/h2-3,8-9,18-19H,4-7,10-17H2,1H3,(H,25,29). The number of hydrogen-bond acceptors (Lipinski definition) is 4. The first-order valence-corrected chi connectivity index (χ1v) is 11.4. The zero-order valence-electron chi connectivity index (χ0n) is 17.7. The molecule has 29 heavy (non-hydrogen) atoms. The van der Waals surface area contributed by atoms with Crippen LogP contribution in [0.5, 0.6) is 0 Å². The molecular weight excluding hydrogens is 360 g/mol. The molecule has 4 rings (SSSR count). The molecule has 0 unspecified atom stereocenters. The summed E-state index contributed by atoms with van der Waals surface area (Å²) in [5.74, 6) is 1.74. The third kappa shape index (κ3) is 5.08. The summed E-state index contributed by atoms with van der Waals surface area (Å²) in [7, 11) is 0. The number of para-hydroxylation sites is 1. The van der Waals surface area contributed by atoms with Gasteiger partial charge in [-0.25, -0.2) is 4.98 Å². The van der Waals surface area contributed by atoms with Crippen molar-refractivity contribution in [2.75, 3.05) is 44.2 Å². The van der Waals surface area contributed by atoms with Gasteiger partial charge in [-0.3, -0.25) is 4.79 Å². The highest BCUT2D eigenvalue weighted by Crippen LogP contribution is 2.26. The second-order valence-corrected chi connectivity index (χ2v) is 8.73. The Morgan fingerprint density at radius 1 is 1.10 bits per heavy atom. The molecule has 0 saturated carbocycles. The van der Waals surface area contributed by atoms with Gasteiger partial charge < -0.3 is 15.1 Å². The fourth-order valence-electron chi connectivity index (χ4n) is 4.49. The number of anilines is 1. The zero-order valence-corrected chi connectivity index (χ0v) is 17.7. The highest BCUT2D eigenvalue weighted by atomic mass is 16.1. The van der Waals surface area contributed by atoms with Gasteiger partial charge in [0.15, 0.2) is 0 Å². The quantitative estimate of drug-likeness (QED) is 0.719. The van der Waals surface area contributed by atoms with E-state index in [4.69, 9.17) is 4.98 Å². The number of piperidine rings is 1. The lowest BCUT2D eigenvalue weighted by Gasteiger charge is -2.30. The van der Waals surface area contributed by atoms with Gasteiger partial charge in [0.05, 0.1) is 11.1 Å². The van der Waals surface area contributed by atoms with Gasteiger partial charge in [0.2, 0.25) is 0 Å². The van der Waals surface area contributed by atoms with E-state index in [0.717, 1.165) is 67.2 Å². The van der Waals surface area contributed by atoms with Crippen LogP contribution in [0.25, 0.3) is 10.9 Å². The molecule has 156 valence electrons. The van der Waals surface area contributed by atoms with Gasteiger partial charge in [-0.1, -0.05) is 25.1 Å². The van der Waals surface area contributed by atoms with Crippen molar-refractivity contribution in [3.05, 3.63) is 35.9 Å². The number of likely N-dealkylation sites (tertiary alicyclic amines) is 1. The summed E-state index contributed by atoms with van der Waals surface area (Å²) in [5, 5.41) is 4.18. The maximum Gasteiger partial charge on any atom is 0.255 e. The smallest absolute Gasteiger partial charge is 0.255 e. The van der Waals surface area contributed by atoms with Crippen LogP contribution in [0.1, 0.15) is 55.8 Å². The minimum Gasteiger partial charge on any atom is -0.356 e. The summed E-state index contributed by atoms with van der Waals surface area (Å²) >= 11 is 0. The highest BCUT2D eigenvalue weighted by molar-refractivity contribution is 6.02. The fourth-order valence-corrected chi connectivity index (χ4v) is 4.49. The summed E-state index contributed by atoms with van der Waals surface area (Å²) in [5.41, 5.74) is 1.68. The molecule has 2 saturated heterocycles. The van der Waals surface area contributed by atoms with Crippen LogP contribution in [0.2, 0.25) is 0 Å². The van der Waals surface area contributed by atoms with Crippen molar-refractivity contribution in [2.45, 2.75) is 45.4 Å². The van der Waals surface area contributed by atoms with Crippen LogP contribution in [-0.2, 0) is 0 Å². The van der Waals surface area contributed by atoms with Gasteiger partial charge in [0, 0.05) is 25.0 Å². The predicted octanol–water partition coefficient (Wildman–Crippen LogP) is 4.08. The Bertz CT molecular complexity index is 823. The highest BCUT2D eigenvalue weighted by Gasteiger charge is 2.22. The van der Waals surface area contributed by atoms with Crippen molar-refractivity contribution in [3.63, 3.8) is 0 Å². The van der Waals surface area contributed by atoms with Crippen LogP contribution in [0, 0.1) is 5.92 Å². The number of nitrogens with zero attached hydrogens (tertiary/aromatic N) is 3. The lowest BCUT2D eigenvalue weighted by molar-refractivity contribution is 0.0952. The molecule has 1 aromatic heterocycles. The molecule has 5 nitrogen and oxygen atoms in total. The molecule has 1 N–H and O–H groups in total. The molecule has 0 bridgehead atoms. The molecule has 1 aromatic carbocycles. The van der Waals surface area contributed by atoms with Crippen molar-refractivity contribution in [1.82, 2.24) is 15.2 Å². The van der Waals surface area contributed by atoms with Crippen LogP contribution in [-0.4, -0.2) is 55.1 Å². The second kappa shape index (κ2) is 9.57. The van der Waals surface area contributed by atoms with Crippen molar-refractivity contribution >= 4 is 22.6 Å². The van der Waals surface area contributed by atoms with Gasteiger partial charge in [0.1, 0.15) is 5.82 Å². The molecule has 2 aromatic rings. The largest absolute Gasteiger partial charge is 0.356 e. The number of rotatable bonds is 7. The molecule has 0 atom stereocenters. The predicted molar refractivity (Wildman–Crippen MR) is 120 cm³/mol. The van der Waals surface area contributed by atoms with Gasteiger partial charge in [-0.05, 0) is 76.2 Å². The Kier molecular flexibility index (Phi) is 6.65. The van der Waals surface area contributed by atoms with Crippen LogP contribution >= 0.6 is 0 Å². The SMILES string of the molecule is CC1CCN(CCCCNC(=O)c2cc3ccccc3nc2N2CCCC2)CC1. The molecule has 0 spiro atoms. The molecule has 2 aliphatic rings. The van der Waals surface area contributed by atoms with Crippen LogP contribution in [0.4, 0.5) is 5.82 Å². The average Bonchev–Trinajstić information content (AvgIpc) is 3.28. The second-order valence-electron chi connectivity index (χ2n) is 8.73. The van der Waals surface area contributed by atoms with Gasteiger partial charge in [-0.2, -0.15) is 0 Å². The van der Waals surface area contributed by atoms with E-state index in [1.54, 1.807) is 0 Å². The van der Waals surface area contributed by atoms with E-state index < -0.39 is 0 Å². The lowest BCUT2D eigenvalue weighted by Crippen LogP contribution is -2.34. The Balaban J connectivity index is 1.34. The number of nitrogens with one attached hydrogen (secondary N) is 1. The molecule has 5 heteroatoms. The normalized spacial score (nSPS) is 18.4. The lowest BCUT2D eigenvalue weighted by atomic mass is 9.99. The zero-order chi connectivity index (χ0) is 20.1. The number of aromatic nitrogens is 1. The maximum atomic E-state index is 13.0. The van der Waals surface area contributed by atoms with E-state index in [1.807, 2.05) is 30.3 Å². The fraction of sp³-hybridized carbons (Fsp3) is 0.583. The van der Waals surface area contributed by atoms with Crippen LogP contribution in [0.3, 0.4) is 0 Å². The van der Waals surface area contributed by atoms with Gasteiger partial charge in [0.25, 0.3) is 5.91 Å². The minimum atomic E-state index is 0.0111. The number of amides is 1. The summed E-state index contributed by atoms with van der Waals surface area (Å²) in [4.78, 5) is 22.7. The number of benzene rings is 1. The monoisotopic (exact) mass is 394 g/mol. The van der Waals surface area contributed by atoms with E-state index >= 15 is 0 Å². The first kappa shape index (κ1) is 20.1. The number of unbranched alkanes of at least 4 members (excludes halogenated alkanes) is 1. The molecule has 3 heterocycles. The van der Waals surface area contributed by atoms with Crippen molar-refractivity contribution in [1.29, 1.82) is 0 Å². The van der Waals surface area contributed by atoms with E-state index in [-0.39, 0.29) is 5.91 Å². The number of fused-ring (bicyclic) bond motifs is 1. The molecule has 2 fully saturated rings.